The van der Waals surface area contributed by atoms with Crippen molar-refractivity contribution in [2.24, 2.45) is 11.0 Å². The van der Waals surface area contributed by atoms with Gasteiger partial charge in [0.2, 0.25) is 5.91 Å². The molecule has 1 N–H and O–H groups in total. The number of hydrogen-bond donors (Lipinski definition) is 1. The summed E-state index contributed by atoms with van der Waals surface area (Å²) in [6, 6.07) is 6.83. The monoisotopic (exact) mass is 374 g/mol. The fourth-order valence-corrected chi connectivity index (χ4v) is 3.71. The Labute approximate surface area is 159 Å². The lowest BCUT2D eigenvalue weighted by Crippen LogP contribution is -2.47. The van der Waals surface area contributed by atoms with Gasteiger partial charge < -0.3 is 4.90 Å². The van der Waals surface area contributed by atoms with Gasteiger partial charge in [-0.2, -0.15) is 5.10 Å². The average molecular weight is 374 g/mol. The highest BCUT2D eigenvalue weighted by Gasteiger charge is 2.31. The lowest BCUT2D eigenvalue weighted by atomic mass is 10.0. The second-order valence-corrected chi connectivity index (χ2v) is 7.61. The molecule has 0 unspecified atom stereocenters. The first-order valence-corrected chi connectivity index (χ1v) is 9.57. The summed E-state index contributed by atoms with van der Waals surface area (Å²) in [5.74, 6) is -0.0868. The minimum atomic E-state index is -0.229. The van der Waals surface area contributed by atoms with Gasteiger partial charge in [-0.05, 0) is 30.0 Å². The molecule has 7 heteroatoms. The number of amides is 2. The Bertz CT molecular complexity index is 717. The summed E-state index contributed by atoms with van der Waals surface area (Å²) in [5, 5.41) is 3.96. The number of carbonyl (C=O) groups excluding carboxylic acids is 2. The first-order chi connectivity index (χ1) is 12.9. The smallest absolute Gasteiger partial charge is 0.270 e. The fourth-order valence-electron chi connectivity index (χ4n) is 3.71. The molecule has 2 heterocycles. The van der Waals surface area contributed by atoms with Gasteiger partial charge in [-0.3, -0.25) is 14.5 Å². The third kappa shape index (κ3) is 4.91. The van der Waals surface area contributed by atoms with Gasteiger partial charge in [-0.15, -0.1) is 0 Å². The van der Waals surface area contributed by atoms with Crippen LogP contribution in [0.25, 0.3) is 0 Å². The van der Waals surface area contributed by atoms with Crippen LogP contribution in [-0.2, 0) is 16.1 Å². The predicted octanol–water partition coefficient (Wildman–Crippen LogP) is 2.15. The zero-order valence-electron chi connectivity index (χ0n) is 15.9. The highest BCUT2D eigenvalue weighted by atomic mass is 19.1. The van der Waals surface area contributed by atoms with Crippen LogP contribution in [0.15, 0.2) is 29.4 Å². The summed E-state index contributed by atoms with van der Waals surface area (Å²) in [7, 11) is 0. The van der Waals surface area contributed by atoms with Gasteiger partial charge in [-0.1, -0.05) is 26.0 Å². The van der Waals surface area contributed by atoms with E-state index >= 15 is 0 Å². The number of hydrogen-bond acceptors (Lipinski definition) is 4. The maximum absolute atomic E-state index is 13.2. The molecule has 1 fully saturated rings. The Morgan fingerprint density at radius 2 is 2.00 bits per heavy atom. The molecule has 1 saturated heterocycles. The van der Waals surface area contributed by atoms with Crippen LogP contribution in [0.4, 0.5) is 4.39 Å². The summed E-state index contributed by atoms with van der Waals surface area (Å²) in [6.07, 6.45) is 1.57. The summed E-state index contributed by atoms with van der Waals surface area (Å²) in [6.45, 7) is 7.25. The summed E-state index contributed by atoms with van der Waals surface area (Å²) in [4.78, 5) is 28.4. The lowest BCUT2D eigenvalue weighted by molar-refractivity contribution is -0.125. The third-order valence-corrected chi connectivity index (χ3v) is 5.26. The van der Waals surface area contributed by atoms with Crippen molar-refractivity contribution in [2.45, 2.75) is 45.7 Å². The number of benzene rings is 1. The largest absolute Gasteiger partial charge is 0.336 e. The first kappa shape index (κ1) is 19.5. The number of carbonyl (C=O) groups is 2. The molecule has 6 nitrogen and oxygen atoms in total. The normalized spacial score (nSPS) is 21.6. The number of hydrazone groups is 1. The molecular formula is C20H27FN4O2. The van der Waals surface area contributed by atoms with Gasteiger partial charge in [0.15, 0.2) is 0 Å². The Balaban J connectivity index is 1.71. The Hall–Kier alpha value is -2.28. The fraction of sp³-hybridized carbons (Fsp3) is 0.550. The van der Waals surface area contributed by atoms with Gasteiger partial charge in [-0.25, -0.2) is 9.82 Å². The van der Waals surface area contributed by atoms with Crippen LogP contribution in [0, 0.1) is 11.7 Å². The Kier molecular flexibility index (Phi) is 6.21. The van der Waals surface area contributed by atoms with Crippen molar-refractivity contribution in [3.63, 3.8) is 0 Å². The average Bonchev–Trinajstić information content (AvgIpc) is 2.86. The van der Waals surface area contributed by atoms with E-state index < -0.39 is 0 Å². The van der Waals surface area contributed by atoms with Crippen LogP contribution < -0.4 is 5.43 Å². The minimum absolute atomic E-state index is 0.0794. The molecule has 3 rings (SSSR count). The number of nitrogens with one attached hydrogen (secondary N) is 1. The Morgan fingerprint density at radius 3 is 2.63 bits per heavy atom. The molecule has 1 aromatic rings. The van der Waals surface area contributed by atoms with Gasteiger partial charge in [0, 0.05) is 45.1 Å². The Morgan fingerprint density at radius 1 is 1.26 bits per heavy atom. The second-order valence-electron chi connectivity index (χ2n) is 7.61. The number of nitrogens with zero attached hydrogens (tertiary/aromatic N) is 3. The summed E-state index contributed by atoms with van der Waals surface area (Å²) >= 11 is 0. The molecule has 2 aliphatic rings. The zero-order chi connectivity index (χ0) is 19.4. The van der Waals surface area contributed by atoms with Crippen molar-refractivity contribution in [3.8, 4) is 0 Å². The zero-order valence-corrected chi connectivity index (χ0v) is 15.9. The van der Waals surface area contributed by atoms with Crippen molar-refractivity contribution in [1.82, 2.24) is 15.2 Å². The van der Waals surface area contributed by atoms with Crippen molar-refractivity contribution in [2.75, 3.05) is 19.6 Å². The second kappa shape index (κ2) is 8.61. The maximum Gasteiger partial charge on any atom is 0.270 e. The molecule has 0 spiro atoms. The molecule has 1 aromatic carbocycles. The lowest BCUT2D eigenvalue weighted by Gasteiger charge is -2.34. The molecule has 0 radical (unpaired) electrons. The van der Waals surface area contributed by atoms with Crippen molar-refractivity contribution < 1.29 is 14.0 Å². The van der Waals surface area contributed by atoms with Crippen LogP contribution in [0.5, 0.6) is 0 Å². The summed E-state index contributed by atoms with van der Waals surface area (Å²) < 4.78 is 13.2. The van der Waals surface area contributed by atoms with Crippen LogP contribution in [0.1, 0.15) is 38.7 Å². The van der Waals surface area contributed by atoms with Gasteiger partial charge in [0.05, 0.1) is 0 Å². The van der Waals surface area contributed by atoms with E-state index in [9.17, 15) is 14.0 Å². The van der Waals surface area contributed by atoms with Crippen LogP contribution in [-0.4, -0.2) is 53.0 Å². The van der Waals surface area contributed by atoms with Gasteiger partial charge in [0.1, 0.15) is 11.5 Å². The van der Waals surface area contributed by atoms with E-state index in [1.807, 2.05) is 17.0 Å². The third-order valence-electron chi connectivity index (χ3n) is 5.26. The molecular weight excluding hydrogens is 347 g/mol. The summed E-state index contributed by atoms with van der Waals surface area (Å²) in [5.41, 5.74) is 3.91. The molecule has 0 saturated carbocycles. The SMILES string of the molecule is CC(C)[C@@H]1CN(C(=O)C2=NNC(=O)CC2)CCCN1Cc1ccc(F)cc1. The minimum Gasteiger partial charge on any atom is -0.336 e. The van der Waals surface area contributed by atoms with Crippen molar-refractivity contribution in [1.29, 1.82) is 0 Å². The number of halogens is 1. The first-order valence-electron chi connectivity index (χ1n) is 9.57. The van der Waals surface area contributed by atoms with E-state index in [1.165, 1.54) is 12.1 Å². The van der Waals surface area contributed by atoms with Crippen LogP contribution in [0.2, 0.25) is 0 Å². The standard InChI is InChI=1S/C20H27FN4O2/c1-14(2)18-13-25(20(27)17-8-9-19(26)23-22-17)11-3-10-24(18)12-15-4-6-16(21)7-5-15/h4-7,14,18H,3,8-13H2,1-2H3,(H,23,26)/t18-/m0/s1. The molecule has 27 heavy (non-hydrogen) atoms. The van der Waals surface area contributed by atoms with E-state index in [1.54, 1.807) is 0 Å². The van der Waals surface area contributed by atoms with E-state index in [2.05, 4.69) is 29.3 Å². The van der Waals surface area contributed by atoms with E-state index in [0.29, 0.717) is 37.6 Å². The maximum atomic E-state index is 13.2. The quantitative estimate of drug-likeness (QED) is 0.878. The molecule has 0 aliphatic carbocycles. The molecule has 1 atom stereocenters. The highest BCUT2D eigenvalue weighted by Crippen LogP contribution is 2.21. The predicted molar refractivity (Wildman–Crippen MR) is 101 cm³/mol. The highest BCUT2D eigenvalue weighted by molar-refractivity contribution is 6.39. The van der Waals surface area contributed by atoms with E-state index in [0.717, 1.165) is 25.1 Å². The van der Waals surface area contributed by atoms with Crippen molar-refractivity contribution >= 4 is 17.5 Å². The molecule has 0 aromatic heterocycles. The van der Waals surface area contributed by atoms with Crippen molar-refractivity contribution in [3.05, 3.63) is 35.6 Å². The topological polar surface area (TPSA) is 65.0 Å². The van der Waals surface area contributed by atoms with Gasteiger partial charge in [0.25, 0.3) is 5.91 Å². The molecule has 2 amide bonds. The van der Waals surface area contributed by atoms with Crippen LogP contribution >= 0.6 is 0 Å². The molecule has 0 bridgehead atoms. The van der Waals surface area contributed by atoms with Crippen LogP contribution in [0.3, 0.4) is 0 Å². The molecule has 2 aliphatic heterocycles. The van der Waals surface area contributed by atoms with Gasteiger partial charge >= 0.3 is 0 Å². The van der Waals surface area contributed by atoms with E-state index in [-0.39, 0.29) is 23.7 Å². The van der Waals surface area contributed by atoms with E-state index in [4.69, 9.17) is 0 Å². The number of rotatable bonds is 4. The molecule has 146 valence electrons.